The Bertz CT molecular complexity index is 1280. The Labute approximate surface area is 199 Å². The Hall–Kier alpha value is -4.21. The lowest BCUT2D eigenvalue weighted by Gasteiger charge is -2.13. The van der Waals surface area contributed by atoms with Gasteiger partial charge >= 0.3 is 6.29 Å². The summed E-state index contributed by atoms with van der Waals surface area (Å²) >= 11 is 0. The maximum absolute atomic E-state index is 13.2. The van der Waals surface area contributed by atoms with Gasteiger partial charge in [-0.3, -0.25) is 14.6 Å². The fraction of sp³-hybridized carbons (Fsp3) is 0.240. The van der Waals surface area contributed by atoms with Crippen LogP contribution in [0.5, 0.6) is 11.5 Å². The average Bonchev–Trinajstić information content (AvgIpc) is 3.57. The molecule has 0 saturated heterocycles. The zero-order valence-corrected chi connectivity index (χ0v) is 18.5. The number of carbonyl (C=O) groups excluding carboxylic acids is 2. The minimum absolute atomic E-state index is 0.0423. The summed E-state index contributed by atoms with van der Waals surface area (Å²) in [7, 11) is 0. The van der Waals surface area contributed by atoms with Crippen LogP contribution < -0.4 is 25.4 Å². The van der Waals surface area contributed by atoms with E-state index in [1.165, 1.54) is 18.2 Å². The van der Waals surface area contributed by atoms with E-state index in [0.29, 0.717) is 29.5 Å². The highest BCUT2D eigenvalue weighted by Crippen LogP contribution is 2.42. The van der Waals surface area contributed by atoms with Crippen molar-refractivity contribution in [3.05, 3.63) is 77.6 Å². The molecule has 2 amide bonds. The number of ether oxygens (including phenoxy) is 2. The monoisotopic (exact) mass is 480 g/mol. The molecule has 0 radical (unpaired) electrons. The van der Waals surface area contributed by atoms with Crippen molar-refractivity contribution in [2.75, 3.05) is 10.6 Å². The van der Waals surface area contributed by atoms with E-state index in [1.54, 1.807) is 30.5 Å². The molecule has 1 aliphatic heterocycles. The van der Waals surface area contributed by atoms with Crippen LogP contribution in [0.3, 0.4) is 0 Å². The number of carbonyl (C=O) groups is 2. The van der Waals surface area contributed by atoms with Gasteiger partial charge in [0.2, 0.25) is 5.91 Å². The van der Waals surface area contributed by atoms with E-state index in [2.05, 4.69) is 30.4 Å². The Morgan fingerprint density at radius 2 is 1.83 bits per heavy atom. The highest BCUT2D eigenvalue weighted by atomic mass is 19.3. The molecule has 2 aliphatic rings. The summed E-state index contributed by atoms with van der Waals surface area (Å²) in [6.45, 7) is 0.406. The Balaban J connectivity index is 1.23. The number of rotatable bonds is 8. The number of halogens is 2. The van der Waals surface area contributed by atoms with Crippen LogP contribution in [0.25, 0.3) is 0 Å². The van der Waals surface area contributed by atoms with Gasteiger partial charge in [-0.2, -0.15) is 0 Å². The number of nitrogens with one attached hydrogen (secondary N) is 3. The number of para-hydroxylation sites is 1. The quantitative estimate of drug-likeness (QED) is 0.449. The SMILES string of the molecule is O=C(Cc1cc(CNc2ccccc2C(=O)Nc2ccc3c(c2)OC(F)(F)O3)ccn1)NC1CC1. The number of amides is 2. The second-order valence-corrected chi connectivity index (χ2v) is 8.36. The lowest BCUT2D eigenvalue weighted by Crippen LogP contribution is -2.27. The Kier molecular flexibility index (Phi) is 5.94. The van der Waals surface area contributed by atoms with Gasteiger partial charge in [0.15, 0.2) is 11.5 Å². The van der Waals surface area contributed by atoms with Crippen molar-refractivity contribution in [2.24, 2.45) is 0 Å². The first-order valence-corrected chi connectivity index (χ1v) is 11.1. The topological polar surface area (TPSA) is 102 Å². The first-order chi connectivity index (χ1) is 16.8. The highest BCUT2D eigenvalue weighted by molar-refractivity contribution is 6.08. The van der Waals surface area contributed by atoms with E-state index in [4.69, 9.17) is 0 Å². The molecule has 1 fully saturated rings. The van der Waals surface area contributed by atoms with Gasteiger partial charge in [-0.15, -0.1) is 8.78 Å². The molecule has 0 bridgehead atoms. The van der Waals surface area contributed by atoms with Crippen LogP contribution in [0.1, 0.15) is 34.5 Å². The molecular formula is C25H22F2N4O4. The van der Waals surface area contributed by atoms with E-state index >= 15 is 0 Å². The number of hydrogen-bond acceptors (Lipinski definition) is 6. The molecule has 0 atom stereocenters. The molecule has 8 nitrogen and oxygen atoms in total. The summed E-state index contributed by atoms with van der Waals surface area (Å²) in [5, 5.41) is 8.88. The second-order valence-electron chi connectivity index (χ2n) is 8.36. The van der Waals surface area contributed by atoms with E-state index in [-0.39, 0.29) is 29.5 Å². The van der Waals surface area contributed by atoms with Gasteiger partial charge in [0.1, 0.15) is 0 Å². The van der Waals surface area contributed by atoms with Gasteiger partial charge in [-0.1, -0.05) is 12.1 Å². The molecule has 35 heavy (non-hydrogen) atoms. The number of fused-ring (bicyclic) bond motifs is 1. The zero-order chi connectivity index (χ0) is 24.4. The molecule has 0 spiro atoms. The normalized spacial score (nSPS) is 15.4. The summed E-state index contributed by atoms with van der Waals surface area (Å²) in [5.41, 5.74) is 2.81. The average molecular weight is 480 g/mol. The summed E-state index contributed by atoms with van der Waals surface area (Å²) in [6.07, 6.45) is 0.195. The van der Waals surface area contributed by atoms with E-state index in [9.17, 15) is 18.4 Å². The van der Waals surface area contributed by atoms with Gasteiger partial charge in [0, 0.05) is 41.9 Å². The molecule has 2 heterocycles. The van der Waals surface area contributed by atoms with Crippen LogP contribution in [-0.4, -0.2) is 29.1 Å². The third-order valence-corrected chi connectivity index (χ3v) is 5.48. The van der Waals surface area contributed by atoms with Crippen LogP contribution >= 0.6 is 0 Å². The number of alkyl halides is 2. The van der Waals surface area contributed by atoms with Crippen molar-refractivity contribution in [2.45, 2.75) is 38.1 Å². The summed E-state index contributed by atoms with van der Waals surface area (Å²) in [6, 6.07) is 15.0. The predicted octanol–water partition coefficient (Wildman–Crippen LogP) is 4.09. The summed E-state index contributed by atoms with van der Waals surface area (Å²) in [4.78, 5) is 29.2. The molecule has 1 aliphatic carbocycles. The molecule has 180 valence electrons. The lowest BCUT2D eigenvalue weighted by atomic mass is 10.1. The molecular weight excluding hydrogens is 458 g/mol. The van der Waals surface area contributed by atoms with Crippen molar-refractivity contribution in [3.63, 3.8) is 0 Å². The molecule has 1 aromatic heterocycles. The maximum atomic E-state index is 13.2. The number of aromatic nitrogens is 1. The fourth-order valence-corrected chi connectivity index (χ4v) is 3.66. The molecule has 3 aromatic rings. The number of nitrogens with zero attached hydrogens (tertiary/aromatic N) is 1. The van der Waals surface area contributed by atoms with Crippen molar-refractivity contribution in [1.82, 2.24) is 10.3 Å². The van der Waals surface area contributed by atoms with Gasteiger partial charge in [0.05, 0.1) is 12.0 Å². The largest absolute Gasteiger partial charge is 0.586 e. The number of benzene rings is 2. The van der Waals surface area contributed by atoms with Gasteiger partial charge in [-0.25, -0.2) is 0 Å². The number of hydrogen-bond donors (Lipinski definition) is 3. The van der Waals surface area contributed by atoms with Crippen LogP contribution in [0.15, 0.2) is 60.8 Å². The van der Waals surface area contributed by atoms with E-state index in [1.807, 2.05) is 12.1 Å². The highest BCUT2D eigenvalue weighted by Gasteiger charge is 2.43. The summed E-state index contributed by atoms with van der Waals surface area (Å²) < 4.78 is 35.3. The van der Waals surface area contributed by atoms with Crippen LogP contribution in [0.2, 0.25) is 0 Å². The number of pyridine rings is 1. The summed E-state index contributed by atoms with van der Waals surface area (Å²) in [5.74, 6) is -0.722. The molecule has 2 aromatic carbocycles. The third kappa shape index (κ3) is 5.65. The minimum atomic E-state index is -3.73. The minimum Gasteiger partial charge on any atom is -0.395 e. The third-order valence-electron chi connectivity index (χ3n) is 5.48. The lowest BCUT2D eigenvalue weighted by molar-refractivity contribution is -0.286. The molecule has 5 rings (SSSR count). The first-order valence-electron chi connectivity index (χ1n) is 11.1. The fourth-order valence-electron chi connectivity index (χ4n) is 3.66. The molecule has 0 unspecified atom stereocenters. The van der Waals surface area contributed by atoms with Crippen LogP contribution in [-0.2, 0) is 17.8 Å². The predicted molar refractivity (Wildman–Crippen MR) is 123 cm³/mol. The number of anilines is 2. The van der Waals surface area contributed by atoms with Crippen LogP contribution in [0, 0.1) is 0 Å². The van der Waals surface area contributed by atoms with Crippen molar-refractivity contribution >= 4 is 23.2 Å². The van der Waals surface area contributed by atoms with Gasteiger partial charge < -0.3 is 25.4 Å². The van der Waals surface area contributed by atoms with Crippen molar-refractivity contribution < 1.29 is 27.8 Å². The molecule has 3 N–H and O–H groups in total. The van der Waals surface area contributed by atoms with Crippen molar-refractivity contribution in [3.8, 4) is 11.5 Å². The zero-order valence-electron chi connectivity index (χ0n) is 18.5. The van der Waals surface area contributed by atoms with Crippen LogP contribution in [0.4, 0.5) is 20.2 Å². The van der Waals surface area contributed by atoms with Crippen molar-refractivity contribution in [1.29, 1.82) is 0 Å². The standard InChI is InChI=1S/C25H22F2N4O4/c26-25(27)34-21-8-7-17(12-22(21)35-25)31-24(33)19-3-1-2-4-20(19)29-14-15-9-10-28-18(11-15)13-23(32)30-16-5-6-16/h1-4,7-12,16,29H,5-6,13-14H2,(H,30,32)(H,31,33). The van der Waals surface area contributed by atoms with Gasteiger partial charge in [0.25, 0.3) is 5.91 Å². The Morgan fingerprint density at radius 1 is 1.03 bits per heavy atom. The van der Waals surface area contributed by atoms with Gasteiger partial charge in [-0.05, 0) is 54.8 Å². The molecule has 10 heteroatoms. The first kappa shape index (κ1) is 22.6. The molecule has 1 saturated carbocycles. The Morgan fingerprint density at radius 3 is 2.66 bits per heavy atom. The maximum Gasteiger partial charge on any atom is 0.586 e. The van der Waals surface area contributed by atoms with E-state index in [0.717, 1.165) is 18.4 Å². The smallest absolute Gasteiger partial charge is 0.395 e. The van der Waals surface area contributed by atoms with E-state index < -0.39 is 12.2 Å². The second kappa shape index (κ2) is 9.21.